The third kappa shape index (κ3) is 4.14. The molecule has 0 aromatic carbocycles. The van der Waals surface area contributed by atoms with Crippen LogP contribution in [-0.2, 0) is 16.6 Å². The number of rotatable bonds is 7. The largest absolute Gasteiger partial charge is 0.446 e. The van der Waals surface area contributed by atoms with Gasteiger partial charge in [0.15, 0.2) is 0 Å². The number of hydrogen-bond donors (Lipinski definition) is 2. The Labute approximate surface area is 102 Å². The second-order valence-electron chi connectivity index (χ2n) is 4.04. The molecule has 0 saturated carbocycles. The van der Waals surface area contributed by atoms with Gasteiger partial charge in [0, 0.05) is 6.04 Å². The lowest BCUT2D eigenvalue weighted by molar-refractivity contribution is 0.236. The normalized spacial score (nSPS) is 13.8. The van der Waals surface area contributed by atoms with E-state index in [1.165, 1.54) is 12.1 Å². The highest BCUT2D eigenvalue weighted by molar-refractivity contribution is 7.89. The van der Waals surface area contributed by atoms with E-state index in [1.54, 1.807) is 0 Å². The van der Waals surface area contributed by atoms with E-state index in [2.05, 4.69) is 11.6 Å². The molecule has 1 rings (SSSR count). The van der Waals surface area contributed by atoms with Crippen LogP contribution in [0.15, 0.2) is 21.6 Å². The standard InChI is InChI=1S/C11H19NO4S/c1-3-4-5-9(2)12-17(14,15)11-7-6-10(8-13)16-11/h6-7,9,12-13H,3-5,8H2,1-2H3. The summed E-state index contributed by atoms with van der Waals surface area (Å²) < 4.78 is 31.2. The quantitative estimate of drug-likeness (QED) is 0.781. The summed E-state index contributed by atoms with van der Waals surface area (Å²) in [6, 6.07) is 2.67. The summed E-state index contributed by atoms with van der Waals surface area (Å²) in [5, 5.41) is 8.66. The van der Waals surface area contributed by atoms with Gasteiger partial charge in [0.1, 0.15) is 12.4 Å². The van der Waals surface area contributed by atoms with Gasteiger partial charge in [-0.25, -0.2) is 13.1 Å². The van der Waals surface area contributed by atoms with Crippen molar-refractivity contribution in [3.8, 4) is 0 Å². The van der Waals surface area contributed by atoms with Crippen LogP contribution in [0.1, 0.15) is 38.9 Å². The molecule has 5 nitrogen and oxygen atoms in total. The van der Waals surface area contributed by atoms with Gasteiger partial charge in [0.2, 0.25) is 5.09 Å². The van der Waals surface area contributed by atoms with Gasteiger partial charge >= 0.3 is 0 Å². The van der Waals surface area contributed by atoms with Crippen LogP contribution in [0.2, 0.25) is 0 Å². The lowest BCUT2D eigenvalue weighted by Crippen LogP contribution is -2.32. The number of nitrogens with one attached hydrogen (secondary N) is 1. The summed E-state index contributed by atoms with van der Waals surface area (Å²) >= 11 is 0. The average molecular weight is 261 g/mol. The van der Waals surface area contributed by atoms with Crippen molar-refractivity contribution >= 4 is 10.0 Å². The van der Waals surface area contributed by atoms with Crippen molar-refractivity contribution < 1.29 is 17.9 Å². The van der Waals surface area contributed by atoms with Gasteiger partial charge < -0.3 is 9.52 Å². The molecule has 1 aromatic heterocycles. The van der Waals surface area contributed by atoms with Gasteiger partial charge in [-0.15, -0.1) is 0 Å². The van der Waals surface area contributed by atoms with Crippen molar-refractivity contribution in [1.29, 1.82) is 0 Å². The van der Waals surface area contributed by atoms with E-state index in [-0.39, 0.29) is 23.5 Å². The molecule has 0 fully saturated rings. The molecule has 1 unspecified atom stereocenters. The van der Waals surface area contributed by atoms with Crippen LogP contribution < -0.4 is 4.72 Å². The minimum atomic E-state index is -3.61. The van der Waals surface area contributed by atoms with E-state index in [1.807, 2.05) is 6.92 Å². The van der Waals surface area contributed by atoms with Crippen LogP contribution >= 0.6 is 0 Å². The minimum absolute atomic E-state index is 0.123. The number of aliphatic hydroxyl groups is 1. The lowest BCUT2D eigenvalue weighted by Gasteiger charge is -2.12. The molecule has 1 atom stereocenters. The fraction of sp³-hybridized carbons (Fsp3) is 0.636. The number of unbranched alkanes of at least 4 members (excludes halogenated alkanes) is 1. The molecule has 6 heteroatoms. The predicted molar refractivity (Wildman–Crippen MR) is 63.9 cm³/mol. The number of hydrogen-bond acceptors (Lipinski definition) is 4. The van der Waals surface area contributed by atoms with Crippen molar-refractivity contribution in [1.82, 2.24) is 4.72 Å². The molecule has 0 radical (unpaired) electrons. The highest BCUT2D eigenvalue weighted by Gasteiger charge is 2.20. The molecule has 0 amide bonds. The van der Waals surface area contributed by atoms with E-state index in [4.69, 9.17) is 9.52 Å². The zero-order chi connectivity index (χ0) is 12.9. The van der Waals surface area contributed by atoms with Crippen molar-refractivity contribution in [2.24, 2.45) is 0 Å². The number of aliphatic hydroxyl groups excluding tert-OH is 1. The molecule has 0 spiro atoms. The Kier molecular flexibility index (Phi) is 5.17. The van der Waals surface area contributed by atoms with E-state index >= 15 is 0 Å². The van der Waals surface area contributed by atoms with Crippen LogP contribution in [0.25, 0.3) is 0 Å². The van der Waals surface area contributed by atoms with Crippen LogP contribution in [0.3, 0.4) is 0 Å². The fourth-order valence-electron chi connectivity index (χ4n) is 1.48. The van der Waals surface area contributed by atoms with E-state index in [0.717, 1.165) is 19.3 Å². The Hall–Kier alpha value is -0.850. The van der Waals surface area contributed by atoms with E-state index < -0.39 is 10.0 Å². The molecule has 0 aliphatic heterocycles. The highest BCUT2D eigenvalue weighted by Crippen LogP contribution is 2.14. The maximum Gasteiger partial charge on any atom is 0.274 e. The van der Waals surface area contributed by atoms with Crippen molar-refractivity contribution in [2.75, 3.05) is 0 Å². The lowest BCUT2D eigenvalue weighted by atomic mass is 10.2. The second-order valence-corrected chi connectivity index (χ2v) is 5.69. The van der Waals surface area contributed by atoms with Crippen LogP contribution in [0, 0.1) is 0 Å². The zero-order valence-electron chi connectivity index (χ0n) is 10.1. The van der Waals surface area contributed by atoms with Gasteiger partial charge in [0.05, 0.1) is 0 Å². The smallest absolute Gasteiger partial charge is 0.274 e. The molecule has 1 aromatic rings. The van der Waals surface area contributed by atoms with E-state index in [9.17, 15) is 8.42 Å². The minimum Gasteiger partial charge on any atom is -0.446 e. The Balaban J connectivity index is 2.68. The summed E-state index contributed by atoms with van der Waals surface area (Å²) in [7, 11) is -3.61. The first-order valence-electron chi connectivity index (χ1n) is 5.71. The number of furan rings is 1. The van der Waals surface area contributed by atoms with Gasteiger partial charge in [0.25, 0.3) is 10.0 Å². The summed E-state index contributed by atoms with van der Waals surface area (Å²) in [6.07, 6.45) is 2.80. The van der Waals surface area contributed by atoms with Crippen molar-refractivity contribution in [3.05, 3.63) is 17.9 Å². The molecular formula is C11H19NO4S. The molecule has 0 saturated heterocycles. The van der Waals surface area contributed by atoms with Gasteiger partial charge in [-0.1, -0.05) is 19.8 Å². The maximum atomic E-state index is 11.8. The van der Waals surface area contributed by atoms with E-state index in [0.29, 0.717) is 0 Å². The Bertz CT molecular complexity index is 438. The summed E-state index contributed by atoms with van der Waals surface area (Å²) in [5.74, 6) is 0.242. The average Bonchev–Trinajstić information content (AvgIpc) is 2.75. The third-order valence-corrected chi connectivity index (χ3v) is 3.87. The molecule has 0 aliphatic carbocycles. The monoisotopic (exact) mass is 261 g/mol. The van der Waals surface area contributed by atoms with Crippen molar-refractivity contribution in [3.63, 3.8) is 0 Å². The summed E-state index contributed by atoms with van der Waals surface area (Å²) in [5.41, 5.74) is 0. The molecule has 2 N–H and O–H groups in total. The predicted octanol–water partition coefficient (Wildman–Crippen LogP) is 1.63. The molecule has 1 heterocycles. The third-order valence-electron chi connectivity index (χ3n) is 2.40. The first-order valence-corrected chi connectivity index (χ1v) is 7.19. The molecular weight excluding hydrogens is 242 g/mol. The first kappa shape index (κ1) is 14.2. The zero-order valence-corrected chi connectivity index (χ0v) is 11.0. The number of sulfonamides is 1. The Morgan fingerprint density at radius 3 is 2.71 bits per heavy atom. The van der Waals surface area contributed by atoms with Gasteiger partial charge in [-0.2, -0.15) is 0 Å². The summed E-state index contributed by atoms with van der Waals surface area (Å²) in [4.78, 5) is 0. The van der Waals surface area contributed by atoms with Crippen LogP contribution in [0.5, 0.6) is 0 Å². The molecule has 0 aliphatic rings. The van der Waals surface area contributed by atoms with Crippen LogP contribution in [0.4, 0.5) is 0 Å². The Morgan fingerprint density at radius 1 is 1.47 bits per heavy atom. The molecule has 0 bridgehead atoms. The van der Waals surface area contributed by atoms with Gasteiger partial charge in [-0.3, -0.25) is 0 Å². The second kappa shape index (κ2) is 6.18. The molecule has 98 valence electrons. The van der Waals surface area contributed by atoms with Crippen molar-refractivity contribution in [2.45, 2.75) is 50.9 Å². The van der Waals surface area contributed by atoms with Gasteiger partial charge in [-0.05, 0) is 25.5 Å². The molecule has 17 heavy (non-hydrogen) atoms. The topological polar surface area (TPSA) is 79.5 Å². The first-order chi connectivity index (χ1) is 7.99. The Morgan fingerprint density at radius 2 is 2.18 bits per heavy atom. The SMILES string of the molecule is CCCCC(C)NS(=O)(=O)c1ccc(CO)o1. The summed E-state index contributed by atoms with van der Waals surface area (Å²) in [6.45, 7) is 3.57. The maximum absolute atomic E-state index is 11.8. The highest BCUT2D eigenvalue weighted by atomic mass is 32.2. The van der Waals surface area contributed by atoms with Crippen LogP contribution in [-0.4, -0.2) is 19.6 Å². The fourth-order valence-corrected chi connectivity index (χ4v) is 2.71.